The lowest BCUT2D eigenvalue weighted by atomic mass is 10.2. The average Bonchev–Trinajstić information content (AvgIpc) is 2.41. The van der Waals surface area contributed by atoms with Crippen LogP contribution in [0.4, 0.5) is 4.39 Å². The van der Waals surface area contributed by atoms with Crippen LogP contribution in [0.5, 0.6) is 0 Å². The molecule has 0 saturated heterocycles. The minimum absolute atomic E-state index is 0.120. The van der Waals surface area contributed by atoms with Crippen molar-refractivity contribution in [1.29, 1.82) is 0 Å². The SMILES string of the molecule is O=c1ccn(-c2ccccc2F)c2ccncc12. The van der Waals surface area contributed by atoms with Gasteiger partial charge in [-0.15, -0.1) is 0 Å². The average molecular weight is 240 g/mol. The predicted octanol–water partition coefficient (Wildman–Crippen LogP) is 2.52. The zero-order valence-electron chi connectivity index (χ0n) is 9.38. The Bertz CT molecular complexity index is 780. The van der Waals surface area contributed by atoms with Crippen molar-refractivity contribution < 1.29 is 4.39 Å². The molecule has 3 rings (SSSR count). The highest BCUT2D eigenvalue weighted by atomic mass is 19.1. The van der Waals surface area contributed by atoms with Gasteiger partial charge in [0.25, 0.3) is 0 Å². The van der Waals surface area contributed by atoms with Crippen LogP contribution in [0, 0.1) is 5.82 Å². The molecule has 88 valence electrons. The normalized spacial score (nSPS) is 10.7. The summed E-state index contributed by atoms with van der Waals surface area (Å²) in [6.45, 7) is 0. The van der Waals surface area contributed by atoms with Gasteiger partial charge in [0.05, 0.1) is 16.6 Å². The van der Waals surface area contributed by atoms with E-state index in [4.69, 9.17) is 0 Å². The number of hydrogen-bond acceptors (Lipinski definition) is 2. The van der Waals surface area contributed by atoms with Crippen molar-refractivity contribution in [3.8, 4) is 5.69 Å². The number of nitrogens with zero attached hydrogens (tertiary/aromatic N) is 2. The summed E-state index contributed by atoms with van der Waals surface area (Å²) in [4.78, 5) is 15.6. The first-order valence-corrected chi connectivity index (χ1v) is 5.47. The third kappa shape index (κ3) is 1.59. The van der Waals surface area contributed by atoms with Crippen molar-refractivity contribution in [3.05, 3.63) is 71.0 Å². The van der Waals surface area contributed by atoms with E-state index in [9.17, 15) is 9.18 Å². The highest BCUT2D eigenvalue weighted by Crippen LogP contribution is 2.17. The molecule has 0 fully saturated rings. The van der Waals surface area contributed by atoms with Gasteiger partial charge in [0.1, 0.15) is 5.82 Å². The molecule has 1 aromatic carbocycles. The minimum atomic E-state index is -0.334. The molecule has 0 bridgehead atoms. The van der Waals surface area contributed by atoms with E-state index in [1.807, 2.05) is 0 Å². The number of halogens is 1. The van der Waals surface area contributed by atoms with Gasteiger partial charge in [0.15, 0.2) is 5.43 Å². The van der Waals surface area contributed by atoms with Crippen molar-refractivity contribution in [2.75, 3.05) is 0 Å². The fraction of sp³-hybridized carbons (Fsp3) is 0. The maximum absolute atomic E-state index is 13.8. The number of benzene rings is 1. The van der Waals surface area contributed by atoms with Gasteiger partial charge in [-0.3, -0.25) is 9.78 Å². The van der Waals surface area contributed by atoms with E-state index in [-0.39, 0.29) is 11.2 Å². The smallest absolute Gasteiger partial charge is 0.190 e. The third-order valence-corrected chi connectivity index (χ3v) is 2.81. The Morgan fingerprint density at radius 1 is 1.11 bits per heavy atom. The topological polar surface area (TPSA) is 34.9 Å². The highest BCUT2D eigenvalue weighted by molar-refractivity contribution is 5.79. The maximum Gasteiger partial charge on any atom is 0.190 e. The lowest BCUT2D eigenvalue weighted by Gasteiger charge is -2.10. The molecule has 0 N–H and O–H groups in total. The molecule has 4 heteroatoms. The largest absolute Gasteiger partial charge is 0.313 e. The molecule has 0 amide bonds. The molecule has 0 atom stereocenters. The number of fused-ring (bicyclic) bond motifs is 1. The van der Waals surface area contributed by atoms with Gasteiger partial charge in [-0.1, -0.05) is 12.1 Å². The molecule has 2 aromatic heterocycles. The lowest BCUT2D eigenvalue weighted by molar-refractivity contribution is 0.619. The number of rotatable bonds is 1. The standard InChI is InChI=1S/C14H9FN2O/c15-11-3-1-2-4-13(11)17-8-6-14(18)10-9-16-7-5-12(10)17/h1-9H. The Morgan fingerprint density at radius 2 is 1.94 bits per heavy atom. The first-order chi connectivity index (χ1) is 8.77. The first kappa shape index (κ1) is 10.7. The molecule has 0 aliphatic heterocycles. The van der Waals surface area contributed by atoms with Gasteiger partial charge in [-0.05, 0) is 18.2 Å². The van der Waals surface area contributed by atoms with E-state index >= 15 is 0 Å². The second-order valence-corrected chi connectivity index (χ2v) is 3.89. The third-order valence-electron chi connectivity index (χ3n) is 2.81. The van der Waals surface area contributed by atoms with Gasteiger partial charge in [0, 0.05) is 24.7 Å². The van der Waals surface area contributed by atoms with E-state index in [2.05, 4.69) is 4.98 Å². The van der Waals surface area contributed by atoms with Crippen LogP contribution >= 0.6 is 0 Å². The molecule has 0 spiro atoms. The quantitative estimate of drug-likeness (QED) is 0.655. The van der Waals surface area contributed by atoms with Crippen LogP contribution in [0.3, 0.4) is 0 Å². The summed E-state index contributed by atoms with van der Waals surface area (Å²) in [6, 6.07) is 9.55. The van der Waals surface area contributed by atoms with Crippen molar-refractivity contribution in [3.63, 3.8) is 0 Å². The second-order valence-electron chi connectivity index (χ2n) is 3.89. The van der Waals surface area contributed by atoms with Crippen LogP contribution in [0.1, 0.15) is 0 Å². The first-order valence-electron chi connectivity index (χ1n) is 5.47. The Labute approximate surface area is 102 Å². The summed E-state index contributed by atoms with van der Waals surface area (Å²) in [7, 11) is 0. The van der Waals surface area contributed by atoms with Gasteiger partial charge in [-0.25, -0.2) is 4.39 Å². The Balaban J connectivity index is 2.41. The molecule has 0 unspecified atom stereocenters. The maximum atomic E-state index is 13.8. The fourth-order valence-electron chi connectivity index (χ4n) is 1.96. The summed E-state index contributed by atoms with van der Waals surface area (Å²) < 4.78 is 15.4. The van der Waals surface area contributed by atoms with Gasteiger partial charge in [0.2, 0.25) is 0 Å². The molecule has 3 nitrogen and oxygen atoms in total. The molecular weight excluding hydrogens is 231 g/mol. The zero-order valence-corrected chi connectivity index (χ0v) is 9.38. The number of pyridine rings is 2. The van der Waals surface area contributed by atoms with E-state index < -0.39 is 0 Å². The van der Waals surface area contributed by atoms with Crippen molar-refractivity contribution in [2.45, 2.75) is 0 Å². The van der Waals surface area contributed by atoms with Gasteiger partial charge in [-0.2, -0.15) is 0 Å². The molecule has 2 heterocycles. The summed E-state index contributed by atoms with van der Waals surface area (Å²) in [5.74, 6) is -0.334. The van der Waals surface area contributed by atoms with Gasteiger partial charge < -0.3 is 4.57 Å². The molecule has 0 radical (unpaired) electrons. The predicted molar refractivity (Wildman–Crippen MR) is 67.3 cm³/mol. The Kier molecular flexibility index (Phi) is 2.41. The summed E-state index contributed by atoms with van der Waals surface area (Å²) in [5.41, 5.74) is 0.932. The van der Waals surface area contributed by atoms with E-state index in [1.54, 1.807) is 41.2 Å². The van der Waals surface area contributed by atoms with Crippen LogP contribution in [-0.4, -0.2) is 9.55 Å². The van der Waals surface area contributed by atoms with Crippen molar-refractivity contribution >= 4 is 10.9 Å². The van der Waals surface area contributed by atoms with Crippen LogP contribution in [0.15, 0.2) is 59.8 Å². The van der Waals surface area contributed by atoms with Gasteiger partial charge >= 0.3 is 0 Å². The molecular formula is C14H9FN2O. The Morgan fingerprint density at radius 3 is 2.78 bits per heavy atom. The van der Waals surface area contributed by atoms with E-state index in [0.29, 0.717) is 16.6 Å². The van der Waals surface area contributed by atoms with Crippen LogP contribution < -0.4 is 5.43 Å². The highest BCUT2D eigenvalue weighted by Gasteiger charge is 2.07. The molecule has 18 heavy (non-hydrogen) atoms. The Hall–Kier alpha value is -2.49. The number of aromatic nitrogens is 2. The second kappa shape index (κ2) is 4.07. The van der Waals surface area contributed by atoms with Crippen molar-refractivity contribution in [1.82, 2.24) is 9.55 Å². The van der Waals surface area contributed by atoms with Crippen LogP contribution in [-0.2, 0) is 0 Å². The summed E-state index contributed by atoms with van der Waals surface area (Å²) >= 11 is 0. The lowest BCUT2D eigenvalue weighted by Crippen LogP contribution is -2.07. The van der Waals surface area contributed by atoms with E-state index in [0.717, 1.165) is 0 Å². The van der Waals surface area contributed by atoms with E-state index in [1.165, 1.54) is 18.3 Å². The molecule has 3 aromatic rings. The number of hydrogen-bond donors (Lipinski definition) is 0. The monoisotopic (exact) mass is 240 g/mol. The minimum Gasteiger partial charge on any atom is -0.313 e. The molecule has 0 aliphatic rings. The molecule has 0 saturated carbocycles. The number of para-hydroxylation sites is 1. The molecule has 0 aliphatic carbocycles. The summed E-state index contributed by atoms with van der Waals surface area (Å²) in [5, 5.41) is 0.475. The summed E-state index contributed by atoms with van der Waals surface area (Å²) in [6.07, 6.45) is 4.65. The van der Waals surface area contributed by atoms with Crippen molar-refractivity contribution in [2.24, 2.45) is 0 Å². The van der Waals surface area contributed by atoms with Crippen LogP contribution in [0.2, 0.25) is 0 Å². The fourth-order valence-corrected chi connectivity index (χ4v) is 1.96. The van der Waals surface area contributed by atoms with Crippen LogP contribution in [0.25, 0.3) is 16.6 Å². The zero-order chi connectivity index (χ0) is 12.5.